The Hall–Kier alpha value is -4.76. The van der Waals surface area contributed by atoms with Gasteiger partial charge in [-0.1, -0.05) is 72.8 Å². The Morgan fingerprint density at radius 2 is 1.58 bits per heavy atom. The summed E-state index contributed by atoms with van der Waals surface area (Å²) in [5, 5.41) is 9.75. The Bertz CT molecular complexity index is 1700. The van der Waals surface area contributed by atoms with Crippen LogP contribution in [0.5, 0.6) is 11.5 Å². The van der Waals surface area contributed by atoms with Crippen LogP contribution in [-0.2, 0) is 21.2 Å². The van der Waals surface area contributed by atoms with E-state index in [1.807, 2.05) is 42.5 Å². The minimum atomic E-state index is -4.27. The molecule has 6 rings (SSSR count). The summed E-state index contributed by atoms with van der Waals surface area (Å²) < 4.78 is 45.5. The molecule has 0 radical (unpaired) electrons. The standard InChI is InChI=1S/C29H21NO7S/c31-29(32)37-28-27(21-14-15-24-25(17-21)36-18-35-24)22-11-5-7-13-26(22)38(33,34)30(28)23-12-6-4-10-20(23)16-19-8-2-1-3-9-19/h1-15,17H,16,18H2,(H,31,32). The second kappa shape index (κ2) is 9.28. The first-order valence-corrected chi connectivity index (χ1v) is 13.2. The molecular weight excluding hydrogens is 506 g/mol. The zero-order chi connectivity index (χ0) is 26.3. The van der Waals surface area contributed by atoms with E-state index in [0.29, 0.717) is 45.9 Å². The van der Waals surface area contributed by atoms with Gasteiger partial charge in [0.2, 0.25) is 12.7 Å². The van der Waals surface area contributed by atoms with Gasteiger partial charge in [-0.2, -0.15) is 0 Å². The molecule has 4 aromatic carbocycles. The van der Waals surface area contributed by atoms with E-state index in [0.717, 1.165) is 9.87 Å². The highest BCUT2D eigenvalue weighted by molar-refractivity contribution is 7.93. The van der Waals surface area contributed by atoms with Crippen LogP contribution in [-0.4, -0.2) is 26.5 Å². The molecule has 0 fully saturated rings. The highest BCUT2D eigenvalue weighted by Crippen LogP contribution is 2.46. The Labute approximate surface area is 219 Å². The Balaban J connectivity index is 1.63. The van der Waals surface area contributed by atoms with Crippen LogP contribution >= 0.6 is 0 Å². The number of ether oxygens (including phenoxy) is 3. The monoisotopic (exact) mass is 527 g/mol. The summed E-state index contributed by atoms with van der Waals surface area (Å²) in [4.78, 5) is 12.0. The van der Waals surface area contributed by atoms with Crippen molar-refractivity contribution >= 4 is 27.4 Å². The lowest BCUT2D eigenvalue weighted by atomic mass is 9.97. The Kier molecular flexibility index (Phi) is 5.77. The molecule has 4 aromatic rings. The third-order valence-electron chi connectivity index (χ3n) is 6.37. The van der Waals surface area contributed by atoms with Crippen LogP contribution in [0.15, 0.2) is 108 Å². The smallest absolute Gasteiger partial charge is 0.454 e. The van der Waals surface area contributed by atoms with E-state index in [1.54, 1.807) is 48.5 Å². The fourth-order valence-electron chi connectivity index (χ4n) is 4.74. The number of fused-ring (bicyclic) bond motifs is 2. The maximum atomic E-state index is 14.1. The molecule has 38 heavy (non-hydrogen) atoms. The first-order valence-electron chi connectivity index (χ1n) is 11.7. The third-order valence-corrected chi connectivity index (χ3v) is 8.12. The fourth-order valence-corrected chi connectivity index (χ4v) is 6.42. The number of sulfonamides is 1. The molecule has 2 aliphatic rings. The zero-order valence-electron chi connectivity index (χ0n) is 19.9. The summed E-state index contributed by atoms with van der Waals surface area (Å²) >= 11 is 0. The Morgan fingerprint density at radius 3 is 2.39 bits per heavy atom. The average Bonchev–Trinajstić information content (AvgIpc) is 3.38. The first-order chi connectivity index (χ1) is 18.4. The third kappa shape index (κ3) is 4.03. The predicted octanol–water partition coefficient (Wildman–Crippen LogP) is 5.63. The van der Waals surface area contributed by atoms with Gasteiger partial charge in [0.1, 0.15) is 0 Å². The molecule has 0 atom stereocenters. The molecule has 190 valence electrons. The summed E-state index contributed by atoms with van der Waals surface area (Å²) in [5.41, 5.74) is 3.07. The second-order valence-corrected chi connectivity index (χ2v) is 10.4. The van der Waals surface area contributed by atoms with Crippen LogP contribution in [0.1, 0.15) is 22.3 Å². The highest BCUT2D eigenvalue weighted by atomic mass is 32.2. The van der Waals surface area contributed by atoms with Crippen LogP contribution < -0.4 is 13.8 Å². The van der Waals surface area contributed by atoms with Gasteiger partial charge in [-0.15, -0.1) is 0 Å². The van der Waals surface area contributed by atoms with E-state index in [-0.39, 0.29) is 17.6 Å². The van der Waals surface area contributed by atoms with E-state index >= 15 is 0 Å². The van der Waals surface area contributed by atoms with Gasteiger partial charge in [-0.25, -0.2) is 17.5 Å². The number of hydrogen-bond acceptors (Lipinski definition) is 6. The van der Waals surface area contributed by atoms with Crippen molar-refractivity contribution < 1.29 is 32.5 Å². The normalized spacial score (nSPS) is 15.2. The van der Waals surface area contributed by atoms with Gasteiger partial charge in [0.05, 0.1) is 16.2 Å². The van der Waals surface area contributed by atoms with Crippen LogP contribution in [0.25, 0.3) is 5.57 Å². The van der Waals surface area contributed by atoms with Crippen molar-refractivity contribution in [3.05, 3.63) is 125 Å². The largest absolute Gasteiger partial charge is 0.512 e. The topological polar surface area (TPSA) is 102 Å². The summed E-state index contributed by atoms with van der Waals surface area (Å²) in [5.74, 6) is 0.666. The average molecular weight is 528 g/mol. The van der Waals surface area contributed by atoms with Gasteiger partial charge in [-0.3, -0.25) is 0 Å². The molecule has 0 saturated heterocycles. The summed E-state index contributed by atoms with van der Waals surface area (Å²) in [6.45, 7) is 0.0558. The van der Waals surface area contributed by atoms with E-state index in [4.69, 9.17) is 14.2 Å². The molecular formula is C29H21NO7S. The van der Waals surface area contributed by atoms with Crippen LogP contribution in [0.3, 0.4) is 0 Å². The number of carbonyl (C=O) groups is 1. The lowest BCUT2D eigenvalue weighted by Gasteiger charge is -2.33. The molecule has 2 heterocycles. The van der Waals surface area contributed by atoms with Crippen molar-refractivity contribution in [3.63, 3.8) is 0 Å². The SMILES string of the molecule is O=C(O)OC1=C(c2ccc3c(c2)OCO3)c2ccccc2S(=O)(=O)N1c1ccccc1Cc1ccccc1. The molecule has 2 aliphatic heterocycles. The number of carboxylic acid groups (broad SMARTS) is 1. The lowest BCUT2D eigenvalue weighted by Crippen LogP contribution is -2.37. The Morgan fingerprint density at radius 1 is 0.868 bits per heavy atom. The number of para-hydroxylation sites is 1. The highest BCUT2D eigenvalue weighted by Gasteiger charge is 2.41. The maximum absolute atomic E-state index is 14.1. The summed E-state index contributed by atoms with van der Waals surface area (Å²) in [7, 11) is -4.27. The minimum absolute atomic E-state index is 0.0277. The molecule has 8 nitrogen and oxygen atoms in total. The molecule has 0 amide bonds. The summed E-state index contributed by atoms with van der Waals surface area (Å²) in [6.07, 6.45) is -1.22. The van der Waals surface area contributed by atoms with E-state index in [1.165, 1.54) is 6.07 Å². The van der Waals surface area contributed by atoms with Gasteiger partial charge >= 0.3 is 6.16 Å². The minimum Gasteiger partial charge on any atom is -0.454 e. The number of benzene rings is 4. The molecule has 0 unspecified atom stereocenters. The molecule has 0 bridgehead atoms. The van der Waals surface area contributed by atoms with Crippen LogP contribution in [0.4, 0.5) is 10.5 Å². The van der Waals surface area contributed by atoms with Gasteiger partial charge in [0, 0.05) is 5.56 Å². The van der Waals surface area contributed by atoms with Crippen molar-refractivity contribution in [3.8, 4) is 11.5 Å². The van der Waals surface area contributed by atoms with Gasteiger partial charge in [-0.05, 0) is 47.4 Å². The molecule has 1 N–H and O–H groups in total. The first kappa shape index (κ1) is 23.6. The van der Waals surface area contributed by atoms with Crippen molar-refractivity contribution in [2.24, 2.45) is 0 Å². The van der Waals surface area contributed by atoms with Crippen molar-refractivity contribution in [1.29, 1.82) is 0 Å². The number of hydrogen-bond donors (Lipinski definition) is 1. The van der Waals surface area contributed by atoms with E-state index in [9.17, 15) is 18.3 Å². The summed E-state index contributed by atoms with van der Waals surface area (Å²) in [6, 6.07) is 28.1. The number of nitrogens with zero attached hydrogens (tertiary/aromatic N) is 1. The molecule has 0 aliphatic carbocycles. The van der Waals surface area contributed by atoms with Crippen LogP contribution in [0, 0.1) is 0 Å². The fraction of sp³-hybridized carbons (Fsp3) is 0.0690. The molecule has 9 heteroatoms. The van der Waals surface area contributed by atoms with E-state index in [2.05, 4.69) is 0 Å². The predicted molar refractivity (Wildman–Crippen MR) is 139 cm³/mol. The van der Waals surface area contributed by atoms with Gasteiger partial charge < -0.3 is 19.3 Å². The zero-order valence-corrected chi connectivity index (χ0v) is 20.7. The van der Waals surface area contributed by atoms with Gasteiger partial charge in [0.25, 0.3) is 10.0 Å². The van der Waals surface area contributed by atoms with Crippen molar-refractivity contribution in [2.45, 2.75) is 11.3 Å². The molecule has 0 spiro atoms. The van der Waals surface area contributed by atoms with Crippen LogP contribution in [0.2, 0.25) is 0 Å². The van der Waals surface area contributed by atoms with Gasteiger partial charge in [0.15, 0.2) is 11.5 Å². The second-order valence-electron chi connectivity index (χ2n) is 8.67. The molecule has 0 saturated carbocycles. The number of anilines is 1. The van der Waals surface area contributed by atoms with E-state index < -0.39 is 16.2 Å². The maximum Gasteiger partial charge on any atom is 0.512 e. The van der Waals surface area contributed by atoms with Crippen molar-refractivity contribution in [1.82, 2.24) is 0 Å². The number of rotatable bonds is 5. The molecule has 0 aromatic heterocycles. The quantitative estimate of drug-likeness (QED) is 0.336. The lowest BCUT2D eigenvalue weighted by molar-refractivity contribution is 0.119. The van der Waals surface area contributed by atoms with Crippen molar-refractivity contribution in [2.75, 3.05) is 11.1 Å².